The van der Waals surface area contributed by atoms with Crippen molar-refractivity contribution in [2.75, 3.05) is 6.61 Å². The van der Waals surface area contributed by atoms with Crippen LogP contribution in [0.4, 0.5) is 0 Å². The van der Waals surface area contributed by atoms with Crippen LogP contribution in [0.5, 0.6) is 0 Å². The minimum absolute atomic E-state index is 0.221. The van der Waals surface area contributed by atoms with Gasteiger partial charge in [-0.2, -0.15) is 0 Å². The molecule has 0 unspecified atom stereocenters. The predicted octanol–water partition coefficient (Wildman–Crippen LogP) is 3.71. The second-order valence-corrected chi connectivity index (χ2v) is 5.11. The fourth-order valence-electron chi connectivity index (χ4n) is 2.25. The summed E-state index contributed by atoms with van der Waals surface area (Å²) in [5.74, 6) is 3.40. The molecule has 0 aliphatic heterocycles. The highest BCUT2D eigenvalue weighted by molar-refractivity contribution is 5.75. The van der Waals surface area contributed by atoms with Gasteiger partial charge in [-0.25, -0.2) is 4.98 Å². The first kappa shape index (κ1) is 15.8. The van der Waals surface area contributed by atoms with E-state index in [1.165, 1.54) is 11.1 Å². The van der Waals surface area contributed by atoms with Gasteiger partial charge in [0, 0.05) is 12.8 Å². The summed E-state index contributed by atoms with van der Waals surface area (Å²) < 4.78 is 2.23. The van der Waals surface area contributed by atoms with Crippen molar-refractivity contribution >= 4 is 17.2 Å². The molecule has 0 amide bonds. The normalized spacial score (nSPS) is 12.0. The van der Waals surface area contributed by atoms with Gasteiger partial charge in [0.15, 0.2) is 6.61 Å². The third-order valence-corrected chi connectivity index (χ3v) is 3.43. The lowest BCUT2D eigenvalue weighted by Crippen LogP contribution is -1.98. The zero-order valence-corrected chi connectivity index (χ0v) is 13.1. The van der Waals surface area contributed by atoms with Crippen LogP contribution < -0.4 is 0 Å². The van der Waals surface area contributed by atoms with E-state index in [2.05, 4.69) is 39.7 Å². The van der Waals surface area contributed by atoms with Crippen molar-refractivity contribution in [3.8, 4) is 12.3 Å². The number of rotatable bonds is 7. The van der Waals surface area contributed by atoms with Crippen molar-refractivity contribution in [2.45, 2.75) is 33.2 Å². The summed E-state index contributed by atoms with van der Waals surface area (Å²) in [5, 5.41) is 3.79. The second-order valence-electron chi connectivity index (χ2n) is 5.11. The highest BCUT2D eigenvalue weighted by Gasteiger charge is 2.04. The fraction of sp³-hybridized carbons (Fsp3) is 0.333. The molecule has 22 heavy (non-hydrogen) atoms. The minimum Gasteiger partial charge on any atom is -0.383 e. The number of hydrogen-bond acceptors (Lipinski definition) is 3. The van der Waals surface area contributed by atoms with Gasteiger partial charge in [0.2, 0.25) is 0 Å². The Morgan fingerprint density at radius 1 is 1.45 bits per heavy atom. The molecule has 1 heterocycles. The van der Waals surface area contributed by atoms with Crippen LogP contribution >= 0.6 is 0 Å². The molecule has 0 saturated carbocycles. The van der Waals surface area contributed by atoms with Crippen LogP contribution in [-0.4, -0.2) is 22.4 Å². The molecule has 114 valence electrons. The first-order valence-electron chi connectivity index (χ1n) is 7.37. The summed E-state index contributed by atoms with van der Waals surface area (Å²) >= 11 is 0. The molecular weight excluding hydrogens is 274 g/mol. The lowest BCUT2D eigenvalue weighted by molar-refractivity contribution is 0.181. The summed E-state index contributed by atoms with van der Waals surface area (Å²) in [6.07, 6.45) is 10.9. The van der Waals surface area contributed by atoms with E-state index in [1.54, 1.807) is 6.21 Å². The Balaban J connectivity index is 1.91. The van der Waals surface area contributed by atoms with Gasteiger partial charge >= 0.3 is 0 Å². The van der Waals surface area contributed by atoms with Crippen LogP contribution in [0.25, 0.3) is 11.0 Å². The number of benzene rings is 1. The standard InChI is InChI=1S/C18H21N3O/c1-4-14-22-19-12-7-8-15(2)11-13-21-16(3)20-17-9-5-6-10-18(17)21/h1,5-6,9-12H,7-8,13-14H2,2-3H3. The number of hydrogen-bond donors (Lipinski definition) is 0. The average molecular weight is 295 g/mol. The van der Waals surface area contributed by atoms with Gasteiger partial charge in [-0.15, -0.1) is 6.42 Å². The number of allylic oxidation sites excluding steroid dienone is 2. The van der Waals surface area contributed by atoms with Gasteiger partial charge in [0.1, 0.15) is 5.82 Å². The number of aryl methyl sites for hydroxylation is 1. The molecule has 0 aliphatic carbocycles. The molecule has 2 rings (SSSR count). The molecule has 0 fully saturated rings. The van der Waals surface area contributed by atoms with Crippen molar-refractivity contribution < 1.29 is 4.84 Å². The number of fused-ring (bicyclic) bond motifs is 1. The second kappa shape index (κ2) is 8.04. The maximum Gasteiger partial charge on any atom is 0.177 e. The van der Waals surface area contributed by atoms with Crippen LogP contribution in [0.3, 0.4) is 0 Å². The zero-order valence-electron chi connectivity index (χ0n) is 13.1. The van der Waals surface area contributed by atoms with E-state index >= 15 is 0 Å². The summed E-state index contributed by atoms with van der Waals surface area (Å²) in [6, 6.07) is 8.21. The van der Waals surface area contributed by atoms with Crippen LogP contribution in [-0.2, 0) is 11.4 Å². The first-order chi connectivity index (χ1) is 10.7. The Hall–Kier alpha value is -2.54. The summed E-state index contributed by atoms with van der Waals surface area (Å²) in [7, 11) is 0. The molecule has 0 aliphatic rings. The summed E-state index contributed by atoms with van der Waals surface area (Å²) in [5.41, 5.74) is 3.54. The Bertz CT molecular complexity index is 719. The van der Waals surface area contributed by atoms with Crippen LogP contribution in [0.1, 0.15) is 25.6 Å². The van der Waals surface area contributed by atoms with E-state index in [9.17, 15) is 0 Å². The first-order valence-corrected chi connectivity index (χ1v) is 7.37. The maximum atomic E-state index is 5.06. The molecule has 0 saturated heterocycles. The third-order valence-electron chi connectivity index (χ3n) is 3.43. The molecule has 0 spiro atoms. The Morgan fingerprint density at radius 2 is 2.27 bits per heavy atom. The van der Waals surface area contributed by atoms with E-state index in [1.807, 2.05) is 25.1 Å². The van der Waals surface area contributed by atoms with Crippen molar-refractivity contribution in [2.24, 2.45) is 5.16 Å². The van der Waals surface area contributed by atoms with E-state index in [0.29, 0.717) is 0 Å². The minimum atomic E-state index is 0.221. The quantitative estimate of drug-likeness (QED) is 0.257. The van der Waals surface area contributed by atoms with Crippen LogP contribution in [0.15, 0.2) is 41.1 Å². The molecule has 0 bridgehead atoms. The number of nitrogens with zero attached hydrogens (tertiary/aromatic N) is 3. The number of terminal acetylenes is 1. The lowest BCUT2D eigenvalue weighted by atomic mass is 10.1. The fourth-order valence-corrected chi connectivity index (χ4v) is 2.25. The van der Waals surface area contributed by atoms with E-state index in [0.717, 1.165) is 30.7 Å². The van der Waals surface area contributed by atoms with Gasteiger partial charge in [0.25, 0.3) is 0 Å². The van der Waals surface area contributed by atoms with Gasteiger partial charge in [-0.05, 0) is 38.8 Å². The van der Waals surface area contributed by atoms with Crippen molar-refractivity contribution in [1.29, 1.82) is 0 Å². The monoisotopic (exact) mass is 295 g/mol. The smallest absolute Gasteiger partial charge is 0.177 e. The van der Waals surface area contributed by atoms with Gasteiger partial charge in [-0.3, -0.25) is 0 Å². The van der Waals surface area contributed by atoms with Crippen LogP contribution in [0, 0.1) is 19.3 Å². The molecule has 2 aromatic rings. The highest BCUT2D eigenvalue weighted by atomic mass is 16.6. The molecule has 4 nitrogen and oxygen atoms in total. The van der Waals surface area contributed by atoms with Crippen molar-refractivity contribution in [3.63, 3.8) is 0 Å². The lowest BCUT2D eigenvalue weighted by Gasteiger charge is -2.04. The number of imidazole rings is 1. The highest BCUT2D eigenvalue weighted by Crippen LogP contribution is 2.16. The zero-order chi connectivity index (χ0) is 15.8. The number of aromatic nitrogens is 2. The Kier molecular flexibility index (Phi) is 5.79. The van der Waals surface area contributed by atoms with Gasteiger partial charge in [-0.1, -0.05) is 34.9 Å². The van der Waals surface area contributed by atoms with Gasteiger partial charge < -0.3 is 9.40 Å². The van der Waals surface area contributed by atoms with Crippen LogP contribution in [0.2, 0.25) is 0 Å². The largest absolute Gasteiger partial charge is 0.383 e. The number of oxime groups is 1. The number of para-hydroxylation sites is 2. The average Bonchev–Trinajstić information content (AvgIpc) is 2.84. The molecule has 0 atom stereocenters. The van der Waals surface area contributed by atoms with Crippen molar-refractivity contribution in [1.82, 2.24) is 9.55 Å². The Morgan fingerprint density at radius 3 is 3.09 bits per heavy atom. The molecular formula is C18H21N3O. The molecule has 1 aromatic heterocycles. The van der Waals surface area contributed by atoms with Gasteiger partial charge in [0.05, 0.1) is 11.0 Å². The summed E-state index contributed by atoms with van der Waals surface area (Å²) in [4.78, 5) is 9.42. The molecule has 0 N–H and O–H groups in total. The molecule has 4 heteroatoms. The summed E-state index contributed by atoms with van der Waals surface area (Å²) in [6.45, 7) is 5.23. The SMILES string of the molecule is C#CCON=CCCC(C)=CCn1c(C)nc2ccccc21. The Labute approximate surface area is 131 Å². The predicted molar refractivity (Wildman–Crippen MR) is 90.7 cm³/mol. The third kappa shape index (κ3) is 4.23. The molecule has 0 radical (unpaired) electrons. The topological polar surface area (TPSA) is 39.4 Å². The van der Waals surface area contributed by atoms with E-state index < -0.39 is 0 Å². The molecule has 1 aromatic carbocycles. The maximum absolute atomic E-state index is 5.06. The van der Waals surface area contributed by atoms with Crippen molar-refractivity contribution in [3.05, 3.63) is 41.7 Å². The van der Waals surface area contributed by atoms with E-state index in [-0.39, 0.29) is 6.61 Å². The van der Waals surface area contributed by atoms with E-state index in [4.69, 9.17) is 11.3 Å².